The highest BCUT2D eigenvalue weighted by molar-refractivity contribution is 9.10. The molecule has 2 rings (SSSR count). The monoisotopic (exact) mass is 355 g/mol. The van der Waals surface area contributed by atoms with Gasteiger partial charge in [-0.3, -0.25) is 0 Å². The summed E-state index contributed by atoms with van der Waals surface area (Å²) in [5.41, 5.74) is 1.18. The molecule has 3 heteroatoms. The zero-order valence-electron chi connectivity index (χ0n) is 13.4. The van der Waals surface area contributed by atoms with Gasteiger partial charge >= 0.3 is 0 Å². The molecule has 0 amide bonds. The zero-order valence-corrected chi connectivity index (χ0v) is 15.0. The Morgan fingerprint density at radius 3 is 2.43 bits per heavy atom. The van der Waals surface area contributed by atoms with Gasteiger partial charge < -0.3 is 5.32 Å². The predicted octanol–water partition coefficient (Wildman–Crippen LogP) is 5.47. The van der Waals surface area contributed by atoms with Crippen LogP contribution in [0.4, 0.5) is 4.39 Å². The second kappa shape index (κ2) is 6.78. The minimum Gasteiger partial charge on any atom is -0.312 e. The lowest BCUT2D eigenvalue weighted by atomic mass is 9.70. The van der Waals surface area contributed by atoms with Crippen LogP contribution < -0.4 is 5.32 Å². The van der Waals surface area contributed by atoms with E-state index in [2.05, 4.69) is 42.0 Å². The topological polar surface area (TPSA) is 12.0 Å². The third kappa shape index (κ3) is 5.07. The number of halogens is 2. The van der Waals surface area contributed by atoms with Gasteiger partial charge in [-0.25, -0.2) is 4.39 Å². The molecule has 0 bridgehead atoms. The van der Waals surface area contributed by atoms with Gasteiger partial charge in [0, 0.05) is 16.6 Å². The molecule has 0 spiro atoms. The molecule has 21 heavy (non-hydrogen) atoms. The van der Waals surface area contributed by atoms with Crippen molar-refractivity contribution in [1.29, 1.82) is 0 Å². The maximum Gasteiger partial charge on any atom is 0.127 e. The number of benzene rings is 1. The standard InChI is InChI=1S/C18H27BrFN/c1-17(2,3)21-13-18(9-5-4-6-10-18)12-14-7-8-15(19)11-16(14)20/h7-8,11,21H,4-6,9-10,12-13H2,1-3H3. The third-order valence-electron chi connectivity index (χ3n) is 4.49. The molecule has 1 aromatic rings. The van der Waals surface area contributed by atoms with E-state index in [-0.39, 0.29) is 16.8 Å². The van der Waals surface area contributed by atoms with Gasteiger partial charge in [-0.05, 0) is 63.1 Å². The van der Waals surface area contributed by atoms with Crippen LogP contribution in [0.25, 0.3) is 0 Å². The van der Waals surface area contributed by atoms with Crippen LogP contribution in [0, 0.1) is 11.2 Å². The van der Waals surface area contributed by atoms with E-state index in [1.165, 1.54) is 32.1 Å². The van der Waals surface area contributed by atoms with Gasteiger partial charge in [-0.1, -0.05) is 41.3 Å². The number of rotatable bonds is 4. The van der Waals surface area contributed by atoms with E-state index in [1.807, 2.05) is 12.1 Å². The maximum atomic E-state index is 14.2. The summed E-state index contributed by atoms with van der Waals surface area (Å²) in [6.45, 7) is 7.57. The fourth-order valence-electron chi connectivity index (χ4n) is 3.24. The van der Waals surface area contributed by atoms with Crippen molar-refractivity contribution in [1.82, 2.24) is 5.32 Å². The molecule has 0 unspecified atom stereocenters. The SMILES string of the molecule is CC(C)(C)NCC1(Cc2ccc(Br)cc2F)CCCCC1. The van der Waals surface area contributed by atoms with E-state index in [9.17, 15) is 4.39 Å². The Balaban J connectivity index is 2.15. The fourth-order valence-corrected chi connectivity index (χ4v) is 3.57. The Bertz CT molecular complexity index is 473. The largest absolute Gasteiger partial charge is 0.312 e. The summed E-state index contributed by atoms with van der Waals surface area (Å²) in [6, 6.07) is 5.47. The Morgan fingerprint density at radius 2 is 1.86 bits per heavy atom. The molecule has 1 aliphatic rings. The van der Waals surface area contributed by atoms with E-state index in [0.29, 0.717) is 0 Å². The summed E-state index contributed by atoms with van der Waals surface area (Å²) in [5, 5.41) is 3.65. The first kappa shape index (κ1) is 17.0. The summed E-state index contributed by atoms with van der Waals surface area (Å²) >= 11 is 3.34. The summed E-state index contributed by atoms with van der Waals surface area (Å²) in [6.07, 6.45) is 7.10. The van der Waals surface area contributed by atoms with Gasteiger partial charge in [0.05, 0.1) is 0 Å². The van der Waals surface area contributed by atoms with Gasteiger partial charge in [-0.15, -0.1) is 0 Å². The van der Waals surface area contributed by atoms with Crippen LogP contribution in [0.15, 0.2) is 22.7 Å². The molecule has 1 nitrogen and oxygen atoms in total. The van der Waals surface area contributed by atoms with Gasteiger partial charge in [0.15, 0.2) is 0 Å². The van der Waals surface area contributed by atoms with Crippen molar-refractivity contribution in [3.63, 3.8) is 0 Å². The predicted molar refractivity (Wildman–Crippen MR) is 91.1 cm³/mol. The normalized spacial score (nSPS) is 18.7. The molecule has 1 aromatic carbocycles. The Hall–Kier alpha value is -0.410. The highest BCUT2D eigenvalue weighted by Crippen LogP contribution is 2.39. The number of hydrogen-bond acceptors (Lipinski definition) is 1. The molecule has 0 saturated heterocycles. The number of nitrogens with one attached hydrogen (secondary N) is 1. The molecule has 118 valence electrons. The molecule has 1 N–H and O–H groups in total. The van der Waals surface area contributed by atoms with E-state index in [1.54, 1.807) is 6.07 Å². The van der Waals surface area contributed by atoms with Gasteiger partial charge in [0.2, 0.25) is 0 Å². The lowest BCUT2D eigenvalue weighted by Crippen LogP contribution is -2.45. The van der Waals surface area contributed by atoms with Crippen LogP contribution in [0.3, 0.4) is 0 Å². The summed E-state index contributed by atoms with van der Waals surface area (Å²) in [7, 11) is 0. The quantitative estimate of drug-likeness (QED) is 0.754. The molecule has 0 aliphatic heterocycles. The summed E-state index contributed by atoms with van der Waals surface area (Å²) in [5.74, 6) is -0.0786. The molecule has 1 aliphatic carbocycles. The van der Waals surface area contributed by atoms with Crippen molar-refractivity contribution in [2.45, 2.75) is 64.8 Å². The van der Waals surface area contributed by atoms with E-state index >= 15 is 0 Å². The summed E-state index contributed by atoms with van der Waals surface area (Å²) < 4.78 is 15.0. The van der Waals surface area contributed by atoms with Crippen molar-refractivity contribution in [2.24, 2.45) is 5.41 Å². The zero-order chi connectivity index (χ0) is 15.5. The van der Waals surface area contributed by atoms with Gasteiger partial charge in [0.25, 0.3) is 0 Å². The van der Waals surface area contributed by atoms with Crippen LogP contribution in [0.2, 0.25) is 0 Å². The lowest BCUT2D eigenvalue weighted by Gasteiger charge is -2.40. The average molecular weight is 356 g/mol. The van der Waals surface area contributed by atoms with Crippen LogP contribution in [-0.4, -0.2) is 12.1 Å². The molecule has 0 atom stereocenters. The molecular formula is C18H27BrFN. The average Bonchev–Trinajstić information content (AvgIpc) is 2.41. The van der Waals surface area contributed by atoms with Crippen molar-refractivity contribution in [3.05, 3.63) is 34.1 Å². The van der Waals surface area contributed by atoms with E-state index < -0.39 is 0 Å². The maximum absolute atomic E-state index is 14.2. The molecule has 0 heterocycles. The van der Waals surface area contributed by atoms with Crippen LogP contribution in [-0.2, 0) is 6.42 Å². The molecule has 1 fully saturated rings. The Labute approximate surface area is 136 Å². The van der Waals surface area contributed by atoms with Crippen LogP contribution in [0.1, 0.15) is 58.4 Å². The Kier molecular flexibility index (Phi) is 5.48. The van der Waals surface area contributed by atoms with Crippen molar-refractivity contribution in [2.75, 3.05) is 6.54 Å². The van der Waals surface area contributed by atoms with Crippen molar-refractivity contribution >= 4 is 15.9 Å². The molecule has 0 aromatic heterocycles. The highest BCUT2D eigenvalue weighted by atomic mass is 79.9. The van der Waals surface area contributed by atoms with E-state index in [4.69, 9.17) is 0 Å². The molecular weight excluding hydrogens is 329 g/mol. The molecule has 0 radical (unpaired) electrons. The van der Waals surface area contributed by atoms with Crippen LogP contribution >= 0.6 is 15.9 Å². The molecule has 1 saturated carbocycles. The minimum atomic E-state index is -0.0786. The highest BCUT2D eigenvalue weighted by Gasteiger charge is 2.33. The first-order valence-corrected chi connectivity index (χ1v) is 8.78. The van der Waals surface area contributed by atoms with Gasteiger partial charge in [0.1, 0.15) is 5.82 Å². The first-order chi connectivity index (χ1) is 9.80. The van der Waals surface area contributed by atoms with Crippen molar-refractivity contribution < 1.29 is 4.39 Å². The second-order valence-electron chi connectivity index (χ2n) is 7.58. The number of hydrogen-bond donors (Lipinski definition) is 1. The van der Waals surface area contributed by atoms with Crippen LogP contribution in [0.5, 0.6) is 0 Å². The lowest BCUT2D eigenvalue weighted by molar-refractivity contribution is 0.164. The first-order valence-electron chi connectivity index (χ1n) is 7.99. The Morgan fingerprint density at radius 1 is 1.19 bits per heavy atom. The smallest absolute Gasteiger partial charge is 0.127 e. The minimum absolute atomic E-state index is 0.0786. The summed E-state index contributed by atoms with van der Waals surface area (Å²) in [4.78, 5) is 0. The van der Waals surface area contributed by atoms with Gasteiger partial charge in [-0.2, -0.15) is 0 Å². The fraction of sp³-hybridized carbons (Fsp3) is 0.667. The van der Waals surface area contributed by atoms with Crippen molar-refractivity contribution in [3.8, 4) is 0 Å². The second-order valence-corrected chi connectivity index (χ2v) is 8.49. The van der Waals surface area contributed by atoms with E-state index in [0.717, 1.165) is 23.0 Å². The third-order valence-corrected chi connectivity index (χ3v) is 4.98.